The lowest BCUT2D eigenvalue weighted by Crippen LogP contribution is -2.05. The first kappa shape index (κ1) is 14.0. The van der Waals surface area contributed by atoms with Crippen molar-refractivity contribution in [2.45, 2.75) is 6.18 Å². The lowest BCUT2D eigenvalue weighted by atomic mass is 10.2. The number of pyridine rings is 1. The fourth-order valence-electron chi connectivity index (χ4n) is 1.49. The number of hydrogen-bond donors (Lipinski definition) is 1. The molecule has 0 atom stereocenters. The molecule has 0 spiro atoms. The van der Waals surface area contributed by atoms with Crippen LogP contribution in [0.15, 0.2) is 36.5 Å². The van der Waals surface area contributed by atoms with Crippen molar-refractivity contribution < 1.29 is 22.6 Å². The number of nitrogen functional groups attached to an aromatic ring is 1. The number of nitrogens with two attached hydrogens (primary N) is 1. The van der Waals surface area contributed by atoms with E-state index < -0.39 is 11.7 Å². The Balaban J connectivity index is 2.22. The van der Waals surface area contributed by atoms with Gasteiger partial charge < -0.3 is 15.2 Å². The molecule has 106 valence electrons. The van der Waals surface area contributed by atoms with Gasteiger partial charge in [0.15, 0.2) is 11.5 Å². The van der Waals surface area contributed by atoms with E-state index in [1.165, 1.54) is 7.11 Å². The molecule has 1 heterocycles. The summed E-state index contributed by atoms with van der Waals surface area (Å²) in [5.74, 6) is 0.710. The normalized spacial score (nSPS) is 11.2. The molecular formula is C13H11F3N2O2. The van der Waals surface area contributed by atoms with Crippen LogP contribution in [0.1, 0.15) is 5.56 Å². The molecule has 7 heteroatoms. The Labute approximate surface area is 113 Å². The molecule has 2 aromatic rings. The molecule has 1 aromatic heterocycles. The summed E-state index contributed by atoms with van der Waals surface area (Å²) in [5, 5.41) is 0. The summed E-state index contributed by atoms with van der Waals surface area (Å²) in [6.07, 6.45) is -3.72. The van der Waals surface area contributed by atoms with Crippen molar-refractivity contribution in [1.82, 2.24) is 4.98 Å². The molecule has 20 heavy (non-hydrogen) atoms. The minimum absolute atomic E-state index is 0.0288. The third-order valence-corrected chi connectivity index (χ3v) is 2.47. The Hall–Kier alpha value is -2.44. The highest BCUT2D eigenvalue weighted by Crippen LogP contribution is 2.33. The van der Waals surface area contributed by atoms with Gasteiger partial charge in [-0.15, -0.1) is 0 Å². The molecule has 0 aliphatic rings. The molecule has 0 saturated carbocycles. The van der Waals surface area contributed by atoms with E-state index in [1.54, 1.807) is 18.2 Å². The average Bonchev–Trinajstić information content (AvgIpc) is 2.40. The number of anilines is 1. The van der Waals surface area contributed by atoms with Crippen LogP contribution in [0.4, 0.5) is 18.9 Å². The van der Waals surface area contributed by atoms with E-state index in [0.717, 1.165) is 12.1 Å². The maximum atomic E-state index is 12.4. The van der Waals surface area contributed by atoms with Crippen molar-refractivity contribution in [2.24, 2.45) is 0 Å². The molecule has 0 amide bonds. The van der Waals surface area contributed by atoms with Crippen LogP contribution < -0.4 is 15.2 Å². The molecule has 0 radical (unpaired) electrons. The molecular weight excluding hydrogens is 273 g/mol. The van der Waals surface area contributed by atoms with Crippen molar-refractivity contribution in [3.8, 4) is 17.4 Å². The van der Waals surface area contributed by atoms with Crippen LogP contribution in [0.25, 0.3) is 0 Å². The molecule has 0 saturated heterocycles. The number of benzene rings is 1. The van der Waals surface area contributed by atoms with Crippen LogP contribution in [-0.2, 0) is 6.18 Å². The van der Waals surface area contributed by atoms with Crippen molar-refractivity contribution in [3.05, 3.63) is 42.1 Å². The van der Waals surface area contributed by atoms with Gasteiger partial charge in [-0.2, -0.15) is 13.2 Å². The lowest BCUT2D eigenvalue weighted by Gasteiger charge is -2.11. The molecule has 0 aliphatic heterocycles. The minimum atomic E-state index is -4.43. The second-order valence-electron chi connectivity index (χ2n) is 3.90. The summed E-state index contributed by atoms with van der Waals surface area (Å²) < 4.78 is 47.6. The summed E-state index contributed by atoms with van der Waals surface area (Å²) in [6.45, 7) is 0. The molecule has 1 aromatic carbocycles. The van der Waals surface area contributed by atoms with Crippen LogP contribution >= 0.6 is 0 Å². The van der Waals surface area contributed by atoms with E-state index >= 15 is 0 Å². The second-order valence-corrected chi connectivity index (χ2v) is 3.90. The summed E-state index contributed by atoms with van der Waals surface area (Å²) in [4.78, 5) is 3.61. The van der Waals surface area contributed by atoms with E-state index in [9.17, 15) is 13.2 Å². The predicted molar refractivity (Wildman–Crippen MR) is 66.7 cm³/mol. The average molecular weight is 284 g/mol. The van der Waals surface area contributed by atoms with E-state index in [4.69, 9.17) is 15.2 Å². The zero-order chi connectivity index (χ0) is 14.8. The zero-order valence-corrected chi connectivity index (χ0v) is 10.4. The largest absolute Gasteiger partial charge is 0.493 e. The Morgan fingerprint density at radius 1 is 1.10 bits per heavy atom. The van der Waals surface area contributed by atoms with Crippen LogP contribution in [0, 0.1) is 0 Å². The molecule has 0 unspecified atom stereocenters. The molecule has 2 N–H and O–H groups in total. The van der Waals surface area contributed by atoms with E-state index in [0.29, 0.717) is 23.4 Å². The van der Waals surface area contributed by atoms with Crippen LogP contribution in [0.3, 0.4) is 0 Å². The fourth-order valence-corrected chi connectivity index (χ4v) is 1.49. The minimum Gasteiger partial charge on any atom is -0.493 e. The van der Waals surface area contributed by atoms with Gasteiger partial charge >= 0.3 is 6.18 Å². The maximum absolute atomic E-state index is 12.4. The third-order valence-electron chi connectivity index (χ3n) is 2.47. The first-order chi connectivity index (χ1) is 9.40. The quantitative estimate of drug-likeness (QED) is 0.877. The Morgan fingerprint density at radius 3 is 2.40 bits per heavy atom. The van der Waals surface area contributed by atoms with E-state index in [-0.39, 0.29) is 5.88 Å². The van der Waals surface area contributed by atoms with Gasteiger partial charge in [0, 0.05) is 24.0 Å². The maximum Gasteiger partial charge on any atom is 0.417 e. The summed E-state index contributed by atoms with van der Waals surface area (Å²) in [5.41, 5.74) is 5.23. The van der Waals surface area contributed by atoms with Gasteiger partial charge in [0.2, 0.25) is 5.88 Å². The molecule has 4 nitrogen and oxygen atoms in total. The number of methoxy groups -OCH3 is 1. The highest BCUT2D eigenvalue weighted by Gasteiger charge is 2.30. The van der Waals surface area contributed by atoms with E-state index in [2.05, 4.69) is 4.98 Å². The predicted octanol–water partition coefficient (Wildman–Crippen LogP) is 3.48. The lowest BCUT2D eigenvalue weighted by molar-refractivity contribution is -0.137. The van der Waals surface area contributed by atoms with E-state index in [1.807, 2.05) is 0 Å². The highest BCUT2D eigenvalue weighted by molar-refractivity contribution is 5.52. The monoisotopic (exact) mass is 284 g/mol. The van der Waals surface area contributed by atoms with Crippen LogP contribution in [0.5, 0.6) is 17.4 Å². The van der Waals surface area contributed by atoms with Gasteiger partial charge in [0.1, 0.15) is 0 Å². The van der Waals surface area contributed by atoms with Gasteiger partial charge in [-0.25, -0.2) is 4.98 Å². The van der Waals surface area contributed by atoms with Crippen molar-refractivity contribution in [1.29, 1.82) is 0 Å². The fraction of sp³-hybridized carbons (Fsp3) is 0.154. The highest BCUT2D eigenvalue weighted by atomic mass is 19.4. The number of halogens is 3. The second kappa shape index (κ2) is 5.28. The van der Waals surface area contributed by atoms with Crippen molar-refractivity contribution in [2.75, 3.05) is 12.8 Å². The summed E-state index contributed by atoms with van der Waals surface area (Å²) in [6, 6.07) is 6.71. The molecule has 2 rings (SSSR count). The first-order valence-corrected chi connectivity index (χ1v) is 5.55. The smallest absolute Gasteiger partial charge is 0.417 e. The number of aromatic nitrogens is 1. The third kappa shape index (κ3) is 3.11. The number of alkyl halides is 3. The van der Waals surface area contributed by atoms with Crippen LogP contribution in [0.2, 0.25) is 0 Å². The van der Waals surface area contributed by atoms with Gasteiger partial charge in [0.05, 0.1) is 12.7 Å². The summed E-state index contributed by atoms with van der Waals surface area (Å²) in [7, 11) is 1.43. The van der Waals surface area contributed by atoms with Gasteiger partial charge in [-0.3, -0.25) is 0 Å². The standard InChI is InChI=1S/C13H11F3N2O2/c1-19-11-6-9(17)3-4-10(11)20-12-5-2-8(7-18-12)13(14,15)16/h2-7H,17H2,1H3. The molecule has 0 bridgehead atoms. The topological polar surface area (TPSA) is 57.4 Å². The van der Waals surface area contributed by atoms with Crippen LogP contribution in [-0.4, -0.2) is 12.1 Å². The SMILES string of the molecule is COc1cc(N)ccc1Oc1ccc(C(F)(F)F)cn1. The van der Waals surface area contributed by atoms with Gasteiger partial charge in [-0.05, 0) is 18.2 Å². The zero-order valence-electron chi connectivity index (χ0n) is 10.4. The first-order valence-electron chi connectivity index (χ1n) is 5.55. The van der Waals surface area contributed by atoms with Crippen molar-refractivity contribution >= 4 is 5.69 Å². The number of ether oxygens (including phenoxy) is 2. The number of hydrogen-bond acceptors (Lipinski definition) is 4. The Morgan fingerprint density at radius 2 is 1.85 bits per heavy atom. The Bertz CT molecular complexity index is 598. The van der Waals surface area contributed by atoms with Gasteiger partial charge in [-0.1, -0.05) is 0 Å². The number of rotatable bonds is 3. The molecule has 0 aliphatic carbocycles. The Kier molecular flexibility index (Phi) is 3.69. The van der Waals surface area contributed by atoms with Gasteiger partial charge in [0.25, 0.3) is 0 Å². The molecule has 0 fully saturated rings. The van der Waals surface area contributed by atoms with Crippen molar-refractivity contribution in [3.63, 3.8) is 0 Å². The number of nitrogens with zero attached hydrogens (tertiary/aromatic N) is 1. The summed E-state index contributed by atoms with van der Waals surface area (Å²) >= 11 is 0.